The molecule has 0 fully saturated rings. The van der Waals surface area contributed by atoms with Gasteiger partial charge in [0.05, 0.1) is 0 Å². The Balaban J connectivity index is 2.50. The second kappa shape index (κ2) is 3.61. The number of nitrogen functional groups attached to an aromatic ring is 1. The number of benzene rings is 2. The summed E-state index contributed by atoms with van der Waals surface area (Å²) < 4.78 is 12.8. The predicted molar refractivity (Wildman–Crippen MR) is 57.9 cm³/mol. The highest BCUT2D eigenvalue weighted by Crippen LogP contribution is 2.26. The van der Waals surface area contributed by atoms with Gasteiger partial charge in [-0.3, -0.25) is 0 Å². The summed E-state index contributed by atoms with van der Waals surface area (Å²) in [6.45, 7) is 0. The lowest BCUT2D eigenvalue weighted by Gasteiger charge is -2.03. The molecule has 0 aromatic heterocycles. The van der Waals surface area contributed by atoms with E-state index >= 15 is 0 Å². The first-order valence-electron chi connectivity index (χ1n) is 4.51. The first kappa shape index (κ1) is 9.52. The maximum atomic E-state index is 12.8. The van der Waals surface area contributed by atoms with Crippen molar-refractivity contribution in [1.82, 2.24) is 0 Å². The van der Waals surface area contributed by atoms with Gasteiger partial charge in [-0.25, -0.2) is 4.39 Å². The zero-order valence-electron chi connectivity index (χ0n) is 7.94. The number of hydrogen-bond acceptors (Lipinski definition) is 2. The summed E-state index contributed by atoms with van der Waals surface area (Å²) in [5, 5.41) is 9.22. The third-order valence-corrected chi connectivity index (χ3v) is 2.17. The largest absolute Gasteiger partial charge is 0.505 e. The third-order valence-electron chi connectivity index (χ3n) is 2.17. The molecule has 0 heterocycles. The molecule has 0 atom stereocenters. The van der Waals surface area contributed by atoms with Gasteiger partial charge in [-0.1, -0.05) is 18.2 Å². The molecule has 0 aliphatic heterocycles. The Morgan fingerprint density at radius 1 is 1.00 bits per heavy atom. The van der Waals surface area contributed by atoms with E-state index in [1.807, 2.05) is 12.1 Å². The lowest BCUT2D eigenvalue weighted by molar-refractivity contribution is 0.433. The first-order valence-corrected chi connectivity index (χ1v) is 4.51. The Morgan fingerprint density at radius 3 is 2.40 bits per heavy atom. The van der Waals surface area contributed by atoms with Crippen LogP contribution in [0.5, 0.6) is 5.75 Å². The van der Waals surface area contributed by atoms with Crippen LogP contribution in [0.15, 0.2) is 42.5 Å². The van der Waals surface area contributed by atoms with E-state index in [1.165, 1.54) is 12.1 Å². The van der Waals surface area contributed by atoms with Gasteiger partial charge in [-0.15, -0.1) is 0 Å². The van der Waals surface area contributed by atoms with Crippen molar-refractivity contribution in [2.75, 3.05) is 5.73 Å². The lowest BCUT2D eigenvalue weighted by atomic mass is 10.0. The van der Waals surface area contributed by atoms with Gasteiger partial charge in [0, 0.05) is 5.69 Å². The van der Waals surface area contributed by atoms with Crippen molar-refractivity contribution in [3.63, 3.8) is 0 Å². The molecule has 2 rings (SSSR count). The molecule has 0 saturated carbocycles. The molecule has 0 amide bonds. The number of phenols is 1. The molecule has 0 aliphatic carbocycles. The summed E-state index contributed by atoms with van der Waals surface area (Å²) in [7, 11) is 0. The summed E-state index contributed by atoms with van der Waals surface area (Å²) >= 11 is 0. The second-order valence-corrected chi connectivity index (χ2v) is 3.29. The third kappa shape index (κ3) is 1.91. The van der Waals surface area contributed by atoms with Gasteiger partial charge in [0.2, 0.25) is 0 Å². The van der Waals surface area contributed by atoms with Crippen molar-refractivity contribution in [1.29, 1.82) is 0 Å². The van der Waals surface area contributed by atoms with Crippen LogP contribution in [0.1, 0.15) is 0 Å². The fourth-order valence-corrected chi connectivity index (χ4v) is 1.41. The fourth-order valence-electron chi connectivity index (χ4n) is 1.41. The lowest BCUT2D eigenvalue weighted by Crippen LogP contribution is -1.85. The molecule has 15 heavy (non-hydrogen) atoms. The Morgan fingerprint density at radius 2 is 1.73 bits per heavy atom. The van der Waals surface area contributed by atoms with Gasteiger partial charge in [-0.2, -0.15) is 0 Å². The zero-order valence-corrected chi connectivity index (χ0v) is 7.94. The highest BCUT2D eigenvalue weighted by atomic mass is 19.1. The number of aromatic hydroxyl groups is 1. The van der Waals surface area contributed by atoms with Crippen molar-refractivity contribution in [2.24, 2.45) is 0 Å². The summed E-state index contributed by atoms with van der Waals surface area (Å²) in [4.78, 5) is 0. The Kier molecular flexibility index (Phi) is 2.29. The molecule has 2 aromatic carbocycles. The van der Waals surface area contributed by atoms with E-state index in [0.29, 0.717) is 5.69 Å². The topological polar surface area (TPSA) is 46.2 Å². The van der Waals surface area contributed by atoms with E-state index in [0.717, 1.165) is 11.1 Å². The maximum absolute atomic E-state index is 12.8. The molecule has 0 unspecified atom stereocenters. The van der Waals surface area contributed by atoms with Crippen LogP contribution in [-0.4, -0.2) is 5.11 Å². The van der Waals surface area contributed by atoms with Crippen LogP contribution in [0.3, 0.4) is 0 Å². The number of rotatable bonds is 1. The predicted octanol–water partition coefficient (Wildman–Crippen LogP) is 2.78. The number of phenolic OH excluding ortho intramolecular Hbond substituents is 1. The highest BCUT2D eigenvalue weighted by Gasteiger charge is 2.03. The first-order chi connectivity index (χ1) is 7.16. The van der Waals surface area contributed by atoms with Gasteiger partial charge in [0.25, 0.3) is 0 Å². The summed E-state index contributed by atoms with van der Waals surface area (Å²) in [5.74, 6) is -0.974. The fraction of sp³-hybridized carbons (Fsp3) is 0. The molecule has 0 aliphatic rings. The van der Waals surface area contributed by atoms with Crippen LogP contribution in [0.25, 0.3) is 11.1 Å². The van der Waals surface area contributed by atoms with Crippen molar-refractivity contribution >= 4 is 5.69 Å². The molecule has 3 heteroatoms. The van der Waals surface area contributed by atoms with Gasteiger partial charge < -0.3 is 10.8 Å². The normalized spacial score (nSPS) is 10.2. The molecular weight excluding hydrogens is 193 g/mol. The van der Waals surface area contributed by atoms with Gasteiger partial charge in [-0.05, 0) is 35.4 Å². The molecule has 76 valence electrons. The number of anilines is 1. The van der Waals surface area contributed by atoms with Crippen LogP contribution >= 0.6 is 0 Å². The Bertz CT molecular complexity index is 497. The van der Waals surface area contributed by atoms with Gasteiger partial charge in [0.15, 0.2) is 11.6 Å². The molecule has 2 nitrogen and oxygen atoms in total. The Hall–Kier alpha value is -2.03. The summed E-state index contributed by atoms with van der Waals surface area (Å²) in [6.07, 6.45) is 0. The van der Waals surface area contributed by atoms with Gasteiger partial charge >= 0.3 is 0 Å². The number of hydrogen-bond donors (Lipinski definition) is 2. The monoisotopic (exact) mass is 203 g/mol. The van der Waals surface area contributed by atoms with E-state index in [9.17, 15) is 9.50 Å². The van der Waals surface area contributed by atoms with Crippen LogP contribution < -0.4 is 5.73 Å². The minimum atomic E-state index is -0.623. The molecule has 0 saturated heterocycles. The number of nitrogens with two attached hydrogens (primary N) is 1. The smallest absolute Gasteiger partial charge is 0.164 e. The minimum absolute atomic E-state index is 0.352. The van der Waals surface area contributed by atoms with Crippen molar-refractivity contribution in [2.45, 2.75) is 0 Å². The minimum Gasteiger partial charge on any atom is -0.505 e. The van der Waals surface area contributed by atoms with Crippen LogP contribution in [0.4, 0.5) is 10.1 Å². The van der Waals surface area contributed by atoms with Crippen LogP contribution in [0.2, 0.25) is 0 Å². The molecule has 0 radical (unpaired) electrons. The molecule has 0 spiro atoms. The summed E-state index contributed by atoms with van der Waals surface area (Å²) in [5.41, 5.74) is 7.85. The zero-order chi connectivity index (χ0) is 10.8. The van der Waals surface area contributed by atoms with Crippen LogP contribution in [0, 0.1) is 5.82 Å². The maximum Gasteiger partial charge on any atom is 0.164 e. The second-order valence-electron chi connectivity index (χ2n) is 3.29. The quantitative estimate of drug-likeness (QED) is 0.700. The number of halogens is 1. The Labute approximate surface area is 86.8 Å². The van der Waals surface area contributed by atoms with Gasteiger partial charge in [0.1, 0.15) is 0 Å². The van der Waals surface area contributed by atoms with E-state index in [2.05, 4.69) is 0 Å². The SMILES string of the molecule is Nc1cccc(-c2ccc(F)c(O)c2)c1. The summed E-state index contributed by atoms with van der Waals surface area (Å²) in [6, 6.07) is 11.4. The average molecular weight is 203 g/mol. The van der Waals surface area contributed by atoms with E-state index < -0.39 is 5.82 Å². The van der Waals surface area contributed by atoms with E-state index in [4.69, 9.17) is 5.73 Å². The van der Waals surface area contributed by atoms with Crippen molar-refractivity contribution in [3.8, 4) is 16.9 Å². The van der Waals surface area contributed by atoms with E-state index in [1.54, 1.807) is 18.2 Å². The molecule has 3 N–H and O–H groups in total. The molecule has 2 aromatic rings. The van der Waals surface area contributed by atoms with Crippen molar-refractivity contribution < 1.29 is 9.50 Å². The van der Waals surface area contributed by atoms with Crippen LogP contribution in [-0.2, 0) is 0 Å². The highest BCUT2D eigenvalue weighted by molar-refractivity contribution is 5.68. The molecular formula is C12H10FNO. The molecule has 0 bridgehead atoms. The average Bonchev–Trinajstić information content (AvgIpc) is 2.22. The van der Waals surface area contributed by atoms with E-state index in [-0.39, 0.29) is 5.75 Å². The van der Waals surface area contributed by atoms with Crippen molar-refractivity contribution in [3.05, 3.63) is 48.3 Å². The standard InChI is InChI=1S/C12H10FNO/c13-11-5-4-9(7-12(11)15)8-2-1-3-10(14)6-8/h1-7,15H,14H2.